The van der Waals surface area contributed by atoms with E-state index in [0.29, 0.717) is 0 Å². The lowest BCUT2D eigenvalue weighted by Gasteiger charge is -2.14. The predicted molar refractivity (Wildman–Crippen MR) is 83.3 cm³/mol. The normalized spacial score (nSPS) is 13.3. The Morgan fingerprint density at radius 1 is 1.29 bits per heavy atom. The van der Waals surface area contributed by atoms with Gasteiger partial charge in [0.2, 0.25) is 10.0 Å². The molecule has 5 nitrogen and oxygen atoms in total. The maximum atomic E-state index is 12.2. The quantitative estimate of drug-likeness (QED) is 0.891. The molecule has 1 aromatic carbocycles. The van der Waals surface area contributed by atoms with Crippen molar-refractivity contribution in [3.05, 3.63) is 53.3 Å². The standard InChI is InChI=1S/C15H21N3O2S/c1-4-18-13(3)15(10-16-18)12(2)17-21(19,20)11-14-8-6-5-7-9-14/h5-10,12,17H,4,11H2,1-3H3. The van der Waals surface area contributed by atoms with E-state index in [1.165, 1.54) is 0 Å². The van der Waals surface area contributed by atoms with Crippen molar-refractivity contribution in [3.63, 3.8) is 0 Å². The molecule has 0 fully saturated rings. The minimum absolute atomic E-state index is 0.0147. The Labute approximate surface area is 126 Å². The van der Waals surface area contributed by atoms with Crippen molar-refractivity contribution in [2.75, 3.05) is 0 Å². The van der Waals surface area contributed by atoms with Gasteiger partial charge in [0.15, 0.2) is 0 Å². The van der Waals surface area contributed by atoms with Crippen LogP contribution in [-0.2, 0) is 22.3 Å². The van der Waals surface area contributed by atoms with Crippen LogP contribution in [0.5, 0.6) is 0 Å². The first kappa shape index (κ1) is 15.7. The van der Waals surface area contributed by atoms with E-state index in [-0.39, 0.29) is 11.8 Å². The summed E-state index contributed by atoms with van der Waals surface area (Å²) in [6.45, 7) is 6.57. The molecule has 2 rings (SSSR count). The lowest BCUT2D eigenvalue weighted by molar-refractivity contribution is 0.564. The molecule has 0 aliphatic rings. The number of hydrogen-bond donors (Lipinski definition) is 1. The molecule has 1 N–H and O–H groups in total. The second kappa shape index (κ2) is 6.41. The van der Waals surface area contributed by atoms with Crippen LogP contribution >= 0.6 is 0 Å². The minimum Gasteiger partial charge on any atom is -0.270 e. The Morgan fingerprint density at radius 3 is 2.52 bits per heavy atom. The lowest BCUT2D eigenvalue weighted by Crippen LogP contribution is -2.28. The van der Waals surface area contributed by atoms with Crippen molar-refractivity contribution in [1.82, 2.24) is 14.5 Å². The van der Waals surface area contributed by atoms with E-state index in [0.717, 1.165) is 23.4 Å². The average molecular weight is 307 g/mol. The van der Waals surface area contributed by atoms with E-state index in [1.807, 2.05) is 55.8 Å². The third kappa shape index (κ3) is 3.92. The molecule has 0 aliphatic heterocycles. The molecule has 21 heavy (non-hydrogen) atoms. The monoisotopic (exact) mass is 307 g/mol. The van der Waals surface area contributed by atoms with Gasteiger partial charge in [-0.25, -0.2) is 13.1 Å². The summed E-state index contributed by atoms with van der Waals surface area (Å²) in [5, 5.41) is 4.25. The van der Waals surface area contributed by atoms with Crippen molar-refractivity contribution in [3.8, 4) is 0 Å². The summed E-state index contributed by atoms with van der Waals surface area (Å²) in [4.78, 5) is 0. The zero-order valence-electron chi connectivity index (χ0n) is 12.6. The number of nitrogens with one attached hydrogen (secondary N) is 1. The summed E-state index contributed by atoms with van der Waals surface area (Å²) in [5.74, 6) is -0.0147. The highest BCUT2D eigenvalue weighted by molar-refractivity contribution is 7.88. The zero-order chi connectivity index (χ0) is 15.5. The molecule has 1 aromatic heterocycles. The molecule has 1 unspecified atom stereocenters. The van der Waals surface area contributed by atoms with Crippen molar-refractivity contribution < 1.29 is 8.42 Å². The Hall–Kier alpha value is -1.66. The van der Waals surface area contributed by atoms with Gasteiger partial charge in [-0.15, -0.1) is 0 Å². The first-order valence-corrected chi connectivity index (χ1v) is 8.64. The number of sulfonamides is 1. The van der Waals surface area contributed by atoms with Crippen LogP contribution in [-0.4, -0.2) is 18.2 Å². The highest BCUT2D eigenvalue weighted by Gasteiger charge is 2.19. The van der Waals surface area contributed by atoms with Gasteiger partial charge in [-0.3, -0.25) is 4.68 Å². The van der Waals surface area contributed by atoms with Gasteiger partial charge >= 0.3 is 0 Å². The van der Waals surface area contributed by atoms with Gasteiger partial charge in [-0.2, -0.15) is 5.10 Å². The molecule has 0 radical (unpaired) electrons. The molecular formula is C15H21N3O2S. The highest BCUT2D eigenvalue weighted by Crippen LogP contribution is 2.18. The van der Waals surface area contributed by atoms with Crippen LogP contribution in [0.15, 0.2) is 36.5 Å². The van der Waals surface area contributed by atoms with E-state index in [9.17, 15) is 8.42 Å². The second-order valence-corrected chi connectivity index (χ2v) is 6.84. The van der Waals surface area contributed by atoms with Crippen LogP contribution in [0.3, 0.4) is 0 Å². The molecule has 1 atom stereocenters. The van der Waals surface area contributed by atoms with Crippen molar-refractivity contribution in [1.29, 1.82) is 0 Å². The smallest absolute Gasteiger partial charge is 0.216 e. The highest BCUT2D eigenvalue weighted by atomic mass is 32.2. The number of nitrogens with zero attached hydrogens (tertiary/aromatic N) is 2. The largest absolute Gasteiger partial charge is 0.270 e. The Balaban J connectivity index is 2.10. The van der Waals surface area contributed by atoms with Crippen LogP contribution in [0, 0.1) is 6.92 Å². The molecule has 0 saturated heterocycles. The van der Waals surface area contributed by atoms with Gasteiger partial charge < -0.3 is 0 Å². The number of rotatable bonds is 6. The molecule has 0 saturated carbocycles. The Bertz CT molecular complexity index is 693. The van der Waals surface area contributed by atoms with Crippen molar-refractivity contribution >= 4 is 10.0 Å². The third-order valence-corrected chi connectivity index (χ3v) is 4.89. The zero-order valence-corrected chi connectivity index (χ0v) is 13.4. The van der Waals surface area contributed by atoms with E-state index < -0.39 is 10.0 Å². The summed E-state index contributed by atoms with van der Waals surface area (Å²) in [5.41, 5.74) is 2.68. The summed E-state index contributed by atoms with van der Waals surface area (Å²) in [6.07, 6.45) is 1.73. The van der Waals surface area contributed by atoms with Gasteiger partial charge in [0.25, 0.3) is 0 Å². The van der Waals surface area contributed by atoms with Crippen LogP contribution in [0.25, 0.3) is 0 Å². The fourth-order valence-electron chi connectivity index (χ4n) is 2.37. The molecule has 0 spiro atoms. The van der Waals surface area contributed by atoms with Crippen LogP contribution in [0.2, 0.25) is 0 Å². The van der Waals surface area contributed by atoms with Gasteiger partial charge in [-0.05, 0) is 26.3 Å². The van der Waals surface area contributed by atoms with Gasteiger partial charge in [0.05, 0.1) is 11.9 Å². The van der Waals surface area contributed by atoms with E-state index in [1.54, 1.807) is 6.20 Å². The van der Waals surface area contributed by atoms with Crippen LogP contribution in [0.1, 0.15) is 36.7 Å². The molecule has 2 aromatic rings. The maximum Gasteiger partial charge on any atom is 0.216 e. The van der Waals surface area contributed by atoms with Gasteiger partial charge in [0, 0.05) is 23.8 Å². The second-order valence-electron chi connectivity index (χ2n) is 5.09. The van der Waals surface area contributed by atoms with E-state index in [4.69, 9.17) is 0 Å². The first-order chi connectivity index (χ1) is 9.93. The lowest BCUT2D eigenvalue weighted by atomic mass is 10.1. The molecule has 0 amide bonds. The molecule has 6 heteroatoms. The molecular weight excluding hydrogens is 286 g/mol. The fourth-order valence-corrected chi connectivity index (χ4v) is 3.75. The third-order valence-electron chi connectivity index (χ3n) is 3.46. The van der Waals surface area contributed by atoms with Crippen molar-refractivity contribution in [2.24, 2.45) is 0 Å². The van der Waals surface area contributed by atoms with E-state index >= 15 is 0 Å². The Morgan fingerprint density at radius 2 is 1.95 bits per heavy atom. The van der Waals surface area contributed by atoms with Crippen LogP contribution < -0.4 is 4.72 Å². The first-order valence-electron chi connectivity index (χ1n) is 6.99. The maximum absolute atomic E-state index is 12.2. The summed E-state index contributed by atoms with van der Waals surface area (Å²) < 4.78 is 29.0. The summed E-state index contributed by atoms with van der Waals surface area (Å²) in [6, 6.07) is 8.87. The van der Waals surface area contributed by atoms with Crippen molar-refractivity contribution in [2.45, 2.75) is 39.1 Å². The Kier molecular flexibility index (Phi) is 4.80. The molecule has 0 aliphatic carbocycles. The van der Waals surface area contributed by atoms with Gasteiger partial charge in [-0.1, -0.05) is 30.3 Å². The topological polar surface area (TPSA) is 64.0 Å². The predicted octanol–water partition coefficient (Wildman–Crippen LogP) is 2.39. The number of hydrogen-bond acceptors (Lipinski definition) is 3. The number of benzene rings is 1. The fraction of sp³-hybridized carbons (Fsp3) is 0.400. The summed E-state index contributed by atoms with van der Waals surface area (Å²) >= 11 is 0. The summed E-state index contributed by atoms with van der Waals surface area (Å²) in [7, 11) is -3.38. The average Bonchev–Trinajstić information content (AvgIpc) is 2.79. The molecule has 1 heterocycles. The van der Waals surface area contributed by atoms with Crippen LogP contribution in [0.4, 0.5) is 0 Å². The van der Waals surface area contributed by atoms with Gasteiger partial charge in [0.1, 0.15) is 0 Å². The number of aromatic nitrogens is 2. The molecule has 0 bridgehead atoms. The number of aryl methyl sites for hydroxylation is 1. The van der Waals surface area contributed by atoms with E-state index in [2.05, 4.69) is 9.82 Å². The SMILES string of the molecule is CCn1ncc(C(C)NS(=O)(=O)Cc2ccccc2)c1C. The molecule has 114 valence electrons. The minimum atomic E-state index is -3.38.